The first kappa shape index (κ1) is 19.0. The number of rotatable bonds is 3. The molecule has 1 aromatic heterocycles. The van der Waals surface area contributed by atoms with Gasteiger partial charge in [-0.2, -0.15) is 0 Å². The van der Waals surface area contributed by atoms with Gasteiger partial charge in [-0.15, -0.1) is 11.3 Å². The molecule has 4 rings (SSSR count). The molecule has 3 heterocycles. The van der Waals surface area contributed by atoms with Gasteiger partial charge in [-0.3, -0.25) is 14.5 Å². The molecule has 146 valence electrons. The summed E-state index contributed by atoms with van der Waals surface area (Å²) in [6, 6.07) is 8.63. The molecule has 1 spiro atoms. The minimum atomic E-state index is -0.912. The Bertz CT molecular complexity index is 932. The van der Waals surface area contributed by atoms with E-state index >= 15 is 0 Å². The lowest BCUT2D eigenvalue weighted by atomic mass is 9.87. The molecule has 2 aromatic rings. The first-order valence-electron chi connectivity index (χ1n) is 9.11. The van der Waals surface area contributed by atoms with Crippen LogP contribution in [0.15, 0.2) is 35.7 Å². The van der Waals surface area contributed by atoms with Crippen molar-refractivity contribution in [2.45, 2.75) is 31.8 Å². The molecule has 0 bridgehead atoms. The number of nitrogens with zero attached hydrogens (tertiary/aromatic N) is 2. The van der Waals surface area contributed by atoms with E-state index in [0.717, 1.165) is 16.0 Å². The number of hydrogen-bond donors (Lipinski definition) is 1. The van der Waals surface area contributed by atoms with Gasteiger partial charge < -0.3 is 10.2 Å². The molecule has 0 aliphatic carbocycles. The highest BCUT2D eigenvalue weighted by Crippen LogP contribution is 2.31. The first-order valence-corrected chi connectivity index (χ1v) is 10.4. The van der Waals surface area contributed by atoms with E-state index in [1.165, 1.54) is 16.2 Å². The lowest BCUT2D eigenvalue weighted by molar-refractivity contribution is -0.133. The van der Waals surface area contributed by atoms with Gasteiger partial charge in [0.25, 0.3) is 11.8 Å². The molecule has 0 radical (unpaired) electrons. The highest BCUT2D eigenvalue weighted by atomic mass is 35.5. The van der Waals surface area contributed by atoms with E-state index in [1.54, 1.807) is 29.2 Å². The number of aryl methyl sites for hydroxylation is 1. The van der Waals surface area contributed by atoms with Crippen molar-refractivity contribution >= 4 is 40.8 Å². The Balaban J connectivity index is 1.44. The molecule has 0 saturated carbocycles. The van der Waals surface area contributed by atoms with Crippen LogP contribution in [0.3, 0.4) is 0 Å². The quantitative estimate of drug-likeness (QED) is 0.778. The fourth-order valence-corrected chi connectivity index (χ4v) is 4.78. The lowest BCUT2D eigenvalue weighted by Gasteiger charge is -2.37. The maximum absolute atomic E-state index is 13.0. The highest BCUT2D eigenvalue weighted by Gasteiger charge is 2.52. The Labute approximate surface area is 172 Å². The summed E-state index contributed by atoms with van der Waals surface area (Å²) in [5.74, 6) is -0.219. The van der Waals surface area contributed by atoms with E-state index in [4.69, 9.17) is 11.6 Å². The highest BCUT2D eigenvalue weighted by molar-refractivity contribution is 7.12. The summed E-state index contributed by atoms with van der Waals surface area (Å²) in [6.07, 6.45) is 0.843. The van der Waals surface area contributed by atoms with Crippen molar-refractivity contribution in [2.75, 3.05) is 13.1 Å². The number of likely N-dealkylation sites (tertiary alicyclic amines) is 1. The molecule has 28 heavy (non-hydrogen) atoms. The molecule has 1 aromatic carbocycles. The summed E-state index contributed by atoms with van der Waals surface area (Å²) >= 11 is 7.33. The molecule has 6 nitrogen and oxygen atoms in total. The van der Waals surface area contributed by atoms with Crippen molar-refractivity contribution in [2.24, 2.45) is 0 Å². The van der Waals surface area contributed by atoms with Crippen LogP contribution in [0, 0.1) is 6.92 Å². The number of benzene rings is 1. The second-order valence-electron chi connectivity index (χ2n) is 7.25. The van der Waals surface area contributed by atoms with Gasteiger partial charge in [0.1, 0.15) is 5.54 Å². The van der Waals surface area contributed by atoms with Gasteiger partial charge in [0, 0.05) is 18.1 Å². The zero-order valence-corrected chi connectivity index (χ0v) is 17.0. The number of carbonyl (C=O) groups is 3. The molecular formula is C20H20ClN3O3S. The Morgan fingerprint density at radius 1 is 1.18 bits per heavy atom. The lowest BCUT2D eigenvalue weighted by Crippen LogP contribution is -2.55. The number of nitrogens with one attached hydrogen (secondary N) is 1. The van der Waals surface area contributed by atoms with Gasteiger partial charge in [-0.05, 0) is 54.5 Å². The third-order valence-corrected chi connectivity index (χ3v) is 6.72. The van der Waals surface area contributed by atoms with E-state index in [-0.39, 0.29) is 24.4 Å². The van der Waals surface area contributed by atoms with E-state index < -0.39 is 5.54 Å². The minimum Gasteiger partial charge on any atom is -0.338 e. The summed E-state index contributed by atoms with van der Waals surface area (Å²) in [6.45, 7) is 3.01. The summed E-state index contributed by atoms with van der Waals surface area (Å²) in [4.78, 5) is 42.0. The number of carbonyl (C=O) groups excluding carboxylic acids is 3. The van der Waals surface area contributed by atoms with E-state index in [1.807, 2.05) is 18.4 Å². The molecule has 4 amide bonds. The molecular weight excluding hydrogens is 398 g/mol. The Morgan fingerprint density at radius 3 is 2.46 bits per heavy atom. The monoisotopic (exact) mass is 417 g/mol. The van der Waals surface area contributed by atoms with Crippen LogP contribution in [0.25, 0.3) is 0 Å². The van der Waals surface area contributed by atoms with E-state index in [2.05, 4.69) is 5.32 Å². The van der Waals surface area contributed by atoms with Crippen molar-refractivity contribution < 1.29 is 14.4 Å². The Kier molecular flexibility index (Phi) is 4.89. The molecule has 2 saturated heterocycles. The van der Waals surface area contributed by atoms with Crippen LogP contribution in [0.5, 0.6) is 0 Å². The number of thiophene rings is 1. The van der Waals surface area contributed by atoms with Crippen molar-refractivity contribution in [3.63, 3.8) is 0 Å². The van der Waals surface area contributed by atoms with Crippen LogP contribution in [-0.4, -0.2) is 46.3 Å². The first-order chi connectivity index (χ1) is 13.4. The van der Waals surface area contributed by atoms with Crippen molar-refractivity contribution in [1.29, 1.82) is 0 Å². The molecule has 2 aliphatic rings. The van der Waals surface area contributed by atoms with Crippen LogP contribution >= 0.6 is 22.9 Å². The predicted molar refractivity (Wildman–Crippen MR) is 107 cm³/mol. The third kappa shape index (κ3) is 3.29. The van der Waals surface area contributed by atoms with Gasteiger partial charge >= 0.3 is 6.03 Å². The van der Waals surface area contributed by atoms with Gasteiger partial charge in [0.05, 0.1) is 11.4 Å². The van der Waals surface area contributed by atoms with Crippen molar-refractivity contribution in [3.05, 3.63) is 56.7 Å². The van der Waals surface area contributed by atoms with Gasteiger partial charge in [0.15, 0.2) is 0 Å². The molecule has 1 N–H and O–H groups in total. The van der Waals surface area contributed by atoms with Gasteiger partial charge in [0.2, 0.25) is 0 Å². The summed E-state index contributed by atoms with van der Waals surface area (Å²) in [5.41, 5.74) is 0.894. The maximum Gasteiger partial charge on any atom is 0.325 e. The van der Waals surface area contributed by atoms with E-state index in [9.17, 15) is 14.4 Å². The minimum absolute atomic E-state index is 0.00265. The summed E-state index contributed by atoms with van der Waals surface area (Å²) < 4.78 is 0. The smallest absolute Gasteiger partial charge is 0.325 e. The molecule has 2 aliphatic heterocycles. The number of amides is 4. The second kappa shape index (κ2) is 7.22. The fraction of sp³-hybridized carbons (Fsp3) is 0.350. The SMILES string of the molecule is Cc1ccsc1C(=O)N1CCC2(CC1)NC(=O)N(Cc1ccc(Cl)cc1)C2=O. The Hall–Kier alpha value is -2.38. The summed E-state index contributed by atoms with van der Waals surface area (Å²) in [7, 11) is 0. The van der Waals surface area contributed by atoms with Crippen molar-refractivity contribution in [3.8, 4) is 0 Å². The van der Waals surface area contributed by atoms with Gasteiger partial charge in [-0.1, -0.05) is 23.7 Å². The number of halogens is 1. The average molecular weight is 418 g/mol. The largest absolute Gasteiger partial charge is 0.338 e. The zero-order valence-electron chi connectivity index (χ0n) is 15.4. The summed E-state index contributed by atoms with van der Waals surface area (Å²) in [5, 5.41) is 5.40. The fourth-order valence-electron chi connectivity index (χ4n) is 3.76. The zero-order chi connectivity index (χ0) is 19.9. The average Bonchev–Trinajstić information content (AvgIpc) is 3.21. The standard InChI is InChI=1S/C20H20ClN3O3S/c1-13-6-11-28-16(13)17(25)23-9-7-20(8-10-23)18(26)24(19(27)22-20)12-14-2-4-15(21)5-3-14/h2-6,11H,7-10,12H2,1H3,(H,22,27). The van der Waals surface area contributed by atoms with Crippen LogP contribution in [0.4, 0.5) is 4.79 Å². The third-order valence-electron chi connectivity index (χ3n) is 5.46. The number of urea groups is 1. The number of imide groups is 1. The van der Waals surface area contributed by atoms with Gasteiger partial charge in [-0.25, -0.2) is 4.79 Å². The normalized spacial score (nSPS) is 18.6. The van der Waals surface area contributed by atoms with Crippen LogP contribution in [0.1, 0.15) is 33.6 Å². The predicted octanol–water partition coefficient (Wildman–Crippen LogP) is 3.44. The van der Waals surface area contributed by atoms with Crippen LogP contribution in [0.2, 0.25) is 5.02 Å². The van der Waals surface area contributed by atoms with Crippen molar-refractivity contribution in [1.82, 2.24) is 15.1 Å². The van der Waals surface area contributed by atoms with Crippen LogP contribution < -0.4 is 5.32 Å². The Morgan fingerprint density at radius 2 is 1.86 bits per heavy atom. The molecule has 2 fully saturated rings. The van der Waals surface area contributed by atoms with Crippen LogP contribution in [-0.2, 0) is 11.3 Å². The number of hydrogen-bond acceptors (Lipinski definition) is 4. The second-order valence-corrected chi connectivity index (χ2v) is 8.61. The van der Waals surface area contributed by atoms with E-state index in [0.29, 0.717) is 31.0 Å². The topological polar surface area (TPSA) is 69.7 Å². The molecule has 0 unspecified atom stereocenters. The maximum atomic E-state index is 13.0. The molecule has 0 atom stereocenters. The molecule has 8 heteroatoms. The number of piperidine rings is 1.